The predicted octanol–water partition coefficient (Wildman–Crippen LogP) is 3.56. The Bertz CT molecular complexity index is 917. The Kier molecular flexibility index (Phi) is 4.19. The summed E-state index contributed by atoms with van der Waals surface area (Å²) >= 11 is 0. The molecule has 0 spiro atoms. The van der Waals surface area contributed by atoms with E-state index in [1.165, 1.54) is 13.2 Å². The fourth-order valence-electron chi connectivity index (χ4n) is 2.65. The predicted molar refractivity (Wildman–Crippen MR) is 86.5 cm³/mol. The Morgan fingerprint density at radius 3 is 2.15 bits per heavy atom. The number of ether oxygens (including phenoxy) is 1. The van der Waals surface area contributed by atoms with E-state index in [-0.39, 0.29) is 22.6 Å². The number of halogens is 3. The second-order valence-electron chi connectivity index (χ2n) is 5.41. The molecule has 0 aromatic heterocycles. The molecular formula is C18H12F3NO4. The lowest BCUT2D eigenvalue weighted by atomic mass is 10.0. The van der Waals surface area contributed by atoms with Gasteiger partial charge in [0.05, 0.1) is 23.9 Å². The summed E-state index contributed by atoms with van der Waals surface area (Å²) in [5, 5.41) is 10.1. The maximum absolute atomic E-state index is 12.7. The zero-order chi connectivity index (χ0) is 19.1. The number of hydrogen-bond acceptors (Lipinski definition) is 4. The molecule has 0 aliphatic carbocycles. The van der Waals surface area contributed by atoms with Gasteiger partial charge in [0.2, 0.25) is 0 Å². The summed E-state index contributed by atoms with van der Waals surface area (Å²) in [6.07, 6.45) is -4.54. The van der Waals surface area contributed by atoms with Gasteiger partial charge in [0.15, 0.2) is 5.76 Å². The molecule has 2 aromatic carbocycles. The maximum Gasteiger partial charge on any atom is 0.416 e. The maximum atomic E-state index is 12.7. The van der Waals surface area contributed by atoms with Gasteiger partial charge in [0.25, 0.3) is 5.91 Å². The normalized spacial score (nSPS) is 15.0. The lowest BCUT2D eigenvalue weighted by Gasteiger charge is -2.16. The van der Waals surface area contributed by atoms with Gasteiger partial charge < -0.3 is 9.84 Å². The third kappa shape index (κ3) is 2.79. The number of alkyl halides is 3. The van der Waals surface area contributed by atoms with Crippen molar-refractivity contribution in [2.24, 2.45) is 0 Å². The Morgan fingerprint density at radius 1 is 0.962 bits per heavy atom. The van der Waals surface area contributed by atoms with Gasteiger partial charge in [0, 0.05) is 5.56 Å². The fraction of sp³-hybridized carbons (Fsp3) is 0.111. The lowest BCUT2D eigenvalue weighted by molar-refractivity contribution is -0.137. The first-order valence-corrected chi connectivity index (χ1v) is 7.38. The molecule has 0 saturated carbocycles. The summed E-state index contributed by atoms with van der Waals surface area (Å²) in [5.74, 6) is -2.39. The number of amides is 2. The van der Waals surface area contributed by atoms with Crippen molar-refractivity contribution in [3.8, 4) is 5.75 Å². The number of nitrogens with zero attached hydrogens (tertiary/aromatic N) is 1. The standard InChI is InChI=1S/C18H12F3NO4/c1-26-13-5-3-2-4-12(13)14-15(23)17(25)22(16(14)24)11-8-6-10(7-9-11)18(19,20)21/h2-9,23H,1H3. The summed E-state index contributed by atoms with van der Waals surface area (Å²) in [7, 11) is 1.37. The minimum absolute atomic E-state index is 0.0792. The van der Waals surface area contributed by atoms with E-state index >= 15 is 0 Å². The highest BCUT2D eigenvalue weighted by Crippen LogP contribution is 2.37. The first-order chi connectivity index (χ1) is 12.3. The molecule has 0 radical (unpaired) electrons. The van der Waals surface area contributed by atoms with Crippen LogP contribution in [0.1, 0.15) is 11.1 Å². The van der Waals surface area contributed by atoms with Crippen LogP contribution in [0, 0.1) is 0 Å². The number of hydrogen-bond donors (Lipinski definition) is 1. The Morgan fingerprint density at radius 2 is 1.58 bits per heavy atom. The van der Waals surface area contributed by atoms with Crippen molar-refractivity contribution in [3.05, 3.63) is 65.4 Å². The molecule has 8 heteroatoms. The van der Waals surface area contributed by atoms with Gasteiger partial charge in [-0.3, -0.25) is 9.59 Å². The van der Waals surface area contributed by atoms with Crippen LogP contribution in [0.4, 0.5) is 18.9 Å². The van der Waals surface area contributed by atoms with Gasteiger partial charge >= 0.3 is 12.1 Å². The molecular weight excluding hydrogens is 351 g/mol. The Labute approximate surface area is 145 Å². The number of aliphatic hydroxyl groups is 1. The van der Waals surface area contributed by atoms with Crippen molar-refractivity contribution >= 4 is 23.1 Å². The van der Waals surface area contributed by atoms with E-state index in [0.717, 1.165) is 24.3 Å². The molecule has 0 saturated heterocycles. The highest BCUT2D eigenvalue weighted by atomic mass is 19.4. The van der Waals surface area contributed by atoms with E-state index in [4.69, 9.17) is 4.74 Å². The zero-order valence-electron chi connectivity index (χ0n) is 13.4. The summed E-state index contributed by atoms with van der Waals surface area (Å²) in [6, 6.07) is 9.79. The summed E-state index contributed by atoms with van der Waals surface area (Å²) in [5.41, 5.74) is -1.06. The van der Waals surface area contributed by atoms with Crippen molar-refractivity contribution in [3.63, 3.8) is 0 Å². The number of para-hydroxylation sites is 1. The topological polar surface area (TPSA) is 66.8 Å². The quantitative estimate of drug-likeness (QED) is 0.847. The number of aliphatic hydroxyl groups excluding tert-OH is 1. The molecule has 0 bridgehead atoms. The molecule has 26 heavy (non-hydrogen) atoms. The lowest BCUT2D eigenvalue weighted by Crippen LogP contribution is -2.31. The molecule has 0 unspecified atom stereocenters. The van der Waals surface area contributed by atoms with Crippen LogP contribution in [0.25, 0.3) is 5.57 Å². The van der Waals surface area contributed by atoms with E-state index in [2.05, 4.69) is 0 Å². The number of benzene rings is 2. The monoisotopic (exact) mass is 363 g/mol. The molecule has 1 heterocycles. The summed E-state index contributed by atoms with van der Waals surface area (Å²) in [4.78, 5) is 25.6. The van der Waals surface area contributed by atoms with Crippen LogP contribution >= 0.6 is 0 Å². The molecule has 1 aliphatic rings. The number of imide groups is 1. The molecule has 2 aromatic rings. The van der Waals surface area contributed by atoms with Crippen LogP contribution < -0.4 is 9.64 Å². The van der Waals surface area contributed by atoms with Crippen LogP contribution in [0.2, 0.25) is 0 Å². The van der Waals surface area contributed by atoms with E-state index in [1.807, 2.05) is 0 Å². The number of carbonyl (C=O) groups excluding carboxylic acids is 2. The van der Waals surface area contributed by atoms with Gasteiger partial charge in [-0.25, -0.2) is 4.90 Å². The van der Waals surface area contributed by atoms with Gasteiger partial charge in [0.1, 0.15) is 5.75 Å². The van der Waals surface area contributed by atoms with Crippen LogP contribution in [0.15, 0.2) is 54.3 Å². The minimum atomic E-state index is -4.54. The largest absolute Gasteiger partial charge is 0.502 e. The average Bonchev–Trinajstić information content (AvgIpc) is 2.83. The Hall–Kier alpha value is -3.29. The van der Waals surface area contributed by atoms with Crippen molar-refractivity contribution in [1.29, 1.82) is 0 Å². The second-order valence-corrected chi connectivity index (χ2v) is 5.41. The number of anilines is 1. The fourth-order valence-corrected chi connectivity index (χ4v) is 2.65. The number of carbonyl (C=O) groups is 2. The van der Waals surface area contributed by atoms with E-state index in [0.29, 0.717) is 4.90 Å². The molecule has 3 rings (SSSR count). The summed E-state index contributed by atoms with van der Waals surface area (Å²) in [6.45, 7) is 0. The molecule has 2 amide bonds. The van der Waals surface area contributed by atoms with Crippen LogP contribution in [-0.4, -0.2) is 24.0 Å². The van der Waals surface area contributed by atoms with Crippen molar-refractivity contribution in [1.82, 2.24) is 0 Å². The third-order valence-electron chi connectivity index (χ3n) is 3.89. The van der Waals surface area contributed by atoms with Crippen LogP contribution in [0.3, 0.4) is 0 Å². The molecule has 1 N–H and O–H groups in total. The van der Waals surface area contributed by atoms with Gasteiger partial charge in [-0.2, -0.15) is 13.2 Å². The SMILES string of the molecule is COc1ccccc1C1=C(O)C(=O)N(c2ccc(C(F)(F)F)cc2)C1=O. The van der Waals surface area contributed by atoms with Crippen LogP contribution in [0.5, 0.6) is 5.75 Å². The third-order valence-corrected chi connectivity index (χ3v) is 3.89. The highest BCUT2D eigenvalue weighted by molar-refractivity contribution is 6.45. The van der Waals surface area contributed by atoms with Gasteiger partial charge in [-0.05, 0) is 30.3 Å². The number of rotatable bonds is 3. The minimum Gasteiger partial charge on any atom is -0.502 e. The molecule has 0 atom stereocenters. The first-order valence-electron chi connectivity index (χ1n) is 7.38. The van der Waals surface area contributed by atoms with E-state index in [1.54, 1.807) is 18.2 Å². The second kappa shape index (κ2) is 6.21. The average molecular weight is 363 g/mol. The van der Waals surface area contributed by atoms with Crippen molar-refractivity contribution in [2.75, 3.05) is 12.0 Å². The molecule has 0 fully saturated rings. The van der Waals surface area contributed by atoms with E-state index in [9.17, 15) is 27.9 Å². The smallest absolute Gasteiger partial charge is 0.416 e. The molecule has 1 aliphatic heterocycles. The van der Waals surface area contributed by atoms with Crippen molar-refractivity contribution < 1.29 is 32.6 Å². The highest BCUT2D eigenvalue weighted by Gasteiger charge is 2.41. The van der Waals surface area contributed by atoms with Gasteiger partial charge in [-0.1, -0.05) is 18.2 Å². The first kappa shape index (κ1) is 17.5. The molecule has 134 valence electrons. The molecule has 5 nitrogen and oxygen atoms in total. The number of methoxy groups -OCH3 is 1. The zero-order valence-corrected chi connectivity index (χ0v) is 13.4. The van der Waals surface area contributed by atoms with E-state index < -0.39 is 29.3 Å². The van der Waals surface area contributed by atoms with Crippen LogP contribution in [-0.2, 0) is 15.8 Å². The summed E-state index contributed by atoms with van der Waals surface area (Å²) < 4.78 is 43.1. The van der Waals surface area contributed by atoms with Crippen molar-refractivity contribution in [2.45, 2.75) is 6.18 Å². The Balaban J connectivity index is 2.01. The van der Waals surface area contributed by atoms with Gasteiger partial charge in [-0.15, -0.1) is 0 Å².